The quantitative estimate of drug-likeness (QED) is 0.944. The molecule has 116 valence electrons. The van der Waals surface area contributed by atoms with Crippen LogP contribution in [0.2, 0.25) is 5.02 Å². The highest BCUT2D eigenvalue weighted by Crippen LogP contribution is 2.32. The van der Waals surface area contributed by atoms with Crippen LogP contribution in [-0.2, 0) is 4.79 Å². The van der Waals surface area contributed by atoms with Crippen molar-refractivity contribution in [2.24, 2.45) is 0 Å². The molecule has 6 nitrogen and oxygen atoms in total. The Labute approximate surface area is 133 Å². The number of benzene rings is 1. The van der Waals surface area contributed by atoms with Gasteiger partial charge in [-0.1, -0.05) is 11.6 Å². The van der Waals surface area contributed by atoms with E-state index >= 15 is 0 Å². The van der Waals surface area contributed by atoms with Gasteiger partial charge < -0.3 is 14.8 Å². The Morgan fingerprint density at radius 2 is 2.09 bits per heavy atom. The van der Waals surface area contributed by atoms with Crippen LogP contribution in [0.15, 0.2) is 24.4 Å². The first-order valence-electron chi connectivity index (χ1n) is 6.96. The van der Waals surface area contributed by atoms with Crippen molar-refractivity contribution in [2.45, 2.75) is 19.9 Å². The van der Waals surface area contributed by atoms with E-state index in [0.717, 1.165) is 5.69 Å². The molecule has 0 spiro atoms. The molecule has 2 aromatic rings. The lowest BCUT2D eigenvalue weighted by molar-refractivity contribution is -0.119. The molecule has 7 heteroatoms. The van der Waals surface area contributed by atoms with Crippen molar-refractivity contribution in [1.29, 1.82) is 0 Å². The lowest BCUT2D eigenvalue weighted by Crippen LogP contribution is -2.25. The summed E-state index contributed by atoms with van der Waals surface area (Å²) in [5, 5.41) is 7.52. The van der Waals surface area contributed by atoms with Gasteiger partial charge in [-0.05, 0) is 26.0 Å². The highest BCUT2D eigenvalue weighted by molar-refractivity contribution is 6.31. The highest BCUT2D eigenvalue weighted by atomic mass is 35.5. The largest absolute Gasteiger partial charge is 0.486 e. The molecule has 0 saturated carbocycles. The van der Waals surface area contributed by atoms with Crippen LogP contribution in [0.3, 0.4) is 0 Å². The predicted octanol–water partition coefficient (Wildman–Crippen LogP) is 2.82. The summed E-state index contributed by atoms with van der Waals surface area (Å²) in [4.78, 5) is 12.4. The van der Waals surface area contributed by atoms with Crippen LogP contribution in [-0.4, -0.2) is 28.9 Å². The number of carbonyl (C=O) groups excluding carboxylic acids is 1. The number of halogens is 1. The van der Waals surface area contributed by atoms with Gasteiger partial charge in [0.15, 0.2) is 11.5 Å². The fourth-order valence-electron chi connectivity index (χ4n) is 2.27. The SMILES string of the molecule is Cc1c(Cl)cnn1C(C)C(=O)Nc1ccc2c(c1)OCCO2. The first kappa shape index (κ1) is 14.7. The van der Waals surface area contributed by atoms with Gasteiger partial charge in [0.25, 0.3) is 0 Å². The summed E-state index contributed by atoms with van der Waals surface area (Å²) in [5.41, 5.74) is 1.41. The van der Waals surface area contributed by atoms with E-state index in [4.69, 9.17) is 21.1 Å². The number of fused-ring (bicyclic) bond motifs is 1. The van der Waals surface area contributed by atoms with Crippen molar-refractivity contribution in [3.05, 3.63) is 35.1 Å². The molecule has 22 heavy (non-hydrogen) atoms. The topological polar surface area (TPSA) is 65.4 Å². The first-order chi connectivity index (χ1) is 10.6. The zero-order chi connectivity index (χ0) is 15.7. The number of nitrogens with zero attached hydrogens (tertiary/aromatic N) is 2. The van der Waals surface area contributed by atoms with Crippen LogP contribution in [0.25, 0.3) is 0 Å². The molecule has 0 saturated heterocycles. The highest BCUT2D eigenvalue weighted by Gasteiger charge is 2.20. The minimum atomic E-state index is -0.472. The number of rotatable bonds is 3. The summed E-state index contributed by atoms with van der Waals surface area (Å²) in [5.74, 6) is 1.14. The first-order valence-corrected chi connectivity index (χ1v) is 7.34. The van der Waals surface area contributed by atoms with Crippen LogP contribution in [0.5, 0.6) is 11.5 Å². The number of hydrogen-bond donors (Lipinski definition) is 1. The predicted molar refractivity (Wildman–Crippen MR) is 82.7 cm³/mol. The van der Waals surface area contributed by atoms with Gasteiger partial charge in [0.05, 0.1) is 16.9 Å². The molecule has 1 aliphatic rings. The summed E-state index contributed by atoms with van der Waals surface area (Å²) < 4.78 is 12.5. The Hall–Kier alpha value is -2.21. The smallest absolute Gasteiger partial charge is 0.248 e. The molecular formula is C15H16ClN3O3. The number of carbonyl (C=O) groups is 1. The molecule has 1 amide bonds. The monoisotopic (exact) mass is 321 g/mol. The normalized spacial score (nSPS) is 14.5. The fourth-order valence-corrected chi connectivity index (χ4v) is 2.40. The van der Waals surface area contributed by atoms with E-state index in [-0.39, 0.29) is 5.91 Å². The minimum absolute atomic E-state index is 0.181. The molecule has 2 heterocycles. The molecule has 3 rings (SSSR count). The summed E-state index contributed by atoms with van der Waals surface area (Å²) in [6.07, 6.45) is 1.53. The summed E-state index contributed by atoms with van der Waals surface area (Å²) in [6.45, 7) is 4.63. The van der Waals surface area contributed by atoms with E-state index in [0.29, 0.717) is 35.4 Å². The lowest BCUT2D eigenvalue weighted by Gasteiger charge is -2.19. The fraction of sp³-hybridized carbons (Fsp3) is 0.333. The molecule has 1 unspecified atom stereocenters. The van der Waals surface area contributed by atoms with Crippen LogP contribution in [0.4, 0.5) is 5.69 Å². The number of aromatic nitrogens is 2. The molecule has 0 aliphatic carbocycles. The summed E-state index contributed by atoms with van der Waals surface area (Å²) in [7, 11) is 0. The Morgan fingerprint density at radius 1 is 1.36 bits per heavy atom. The van der Waals surface area contributed by atoms with Crippen LogP contribution >= 0.6 is 11.6 Å². The Bertz CT molecular complexity index is 714. The third kappa shape index (κ3) is 2.74. The van der Waals surface area contributed by atoms with Crippen molar-refractivity contribution >= 4 is 23.2 Å². The minimum Gasteiger partial charge on any atom is -0.486 e. The second-order valence-corrected chi connectivity index (χ2v) is 5.45. The van der Waals surface area contributed by atoms with Crippen molar-refractivity contribution in [2.75, 3.05) is 18.5 Å². The second-order valence-electron chi connectivity index (χ2n) is 5.05. The van der Waals surface area contributed by atoms with Crippen LogP contribution in [0, 0.1) is 6.92 Å². The number of nitrogens with one attached hydrogen (secondary N) is 1. The van der Waals surface area contributed by atoms with Gasteiger partial charge in [0.1, 0.15) is 19.3 Å². The van der Waals surface area contributed by atoms with Crippen molar-refractivity contribution in [1.82, 2.24) is 9.78 Å². The molecule has 0 bridgehead atoms. The van der Waals surface area contributed by atoms with E-state index in [9.17, 15) is 4.79 Å². The third-order valence-corrected chi connectivity index (χ3v) is 3.91. The summed E-state index contributed by atoms with van der Waals surface area (Å²) in [6, 6.07) is 4.84. The number of hydrogen-bond acceptors (Lipinski definition) is 4. The number of amides is 1. The van der Waals surface area contributed by atoms with Gasteiger partial charge in [0, 0.05) is 11.8 Å². The van der Waals surface area contributed by atoms with Crippen molar-refractivity contribution in [3.8, 4) is 11.5 Å². The Kier molecular flexibility index (Phi) is 3.94. The van der Waals surface area contributed by atoms with Crippen molar-refractivity contribution in [3.63, 3.8) is 0 Å². The molecule has 1 aliphatic heterocycles. The zero-order valence-corrected chi connectivity index (χ0v) is 13.1. The van der Waals surface area contributed by atoms with Crippen LogP contribution in [0.1, 0.15) is 18.7 Å². The van der Waals surface area contributed by atoms with Crippen LogP contribution < -0.4 is 14.8 Å². The maximum atomic E-state index is 12.4. The van der Waals surface area contributed by atoms with Gasteiger partial charge in [-0.3, -0.25) is 9.48 Å². The average molecular weight is 322 g/mol. The zero-order valence-electron chi connectivity index (χ0n) is 12.3. The van der Waals surface area contributed by atoms with E-state index in [1.165, 1.54) is 6.20 Å². The van der Waals surface area contributed by atoms with Crippen molar-refractivity contribution < 1.29 is 14.3 Å². The second kappa shape index (κ2) is 5.88. The van der Waals surface area contributed by atoms with Gasteiger partial charge in [-0.15, -0.1) is 0 Å². The molecular weight excluding hydrogens is 306 g/mol. The van der Waals surface area contributed by atoms with Gasteiger partial charge in [-0.25, -0.2) is 0 Å². The van der Waals surface area contributed by atoms with E-state index < -0.39 is 6.04 Å². The maximum Gasteiger partial charge on any atom is 0.248 e. The molecule has 0 fully saturated rings. The average Bonchev–Trinajstić information content (AvgIpc) is 2.86. The lowest BCUT2D eigenvalue weighted by atomic mass is 10.2. The number of anilines is 1. The van der Waals surface area contributed by atoms with Gasteiger partial charge in [0.2, 0.25) is 5.91 Å². The standard InChI is InChI=1S/C15H16ClN3O3/c1-9-12(16)8-17-19(9)10(2)15(20)18-11-3-4-13-14(7-11)22-6-5-21-13/h3-4,7-8,10H,5-6H2,1-2H3,(H,18,20). The van der Waals surface area contributed by atoms with E-state index in [2.05, 4.69) is 10.4 Å². The molecule has 1 N–H and O–H groups in total. The molecule has 1 aromatic carbocycles. The van der Waals surface area contributed by atoms with E-state index in [1.54, 1.807) is 29.8 Å². The Balaban J connectivity index is 1.75. The van der Waals surface area contributed by atoms with Gasteiger partial charge >= 0.3 is 0 Å². The molecule has 1 atom stereocenters. The van der Waals surface area contributed by atoms with Gasteiger partial charge in [-0.2, -0.15) is 5.10 Å². The summed E-state index contributed by atoms with van der Waals surface area (Å²) >= 11 is 5.97. The number of ether oxygens (including phenoxy) is 2. The molecule has 0 radical (unpaired) electrons. The molecule has 1 aromatic heterocycles. The third-order valence-electron chi connectivity index (χ3n) is 3.54. The maximum absolute atomic E-state index is 12.4. The Morgan fingerprint density at radius 3 is 2.77 bits per heavy atom. The van der Waals surface area contributed by atoms with E-state index in [1.807, 2.05) is 6.92 Å².